The third-order valence-electron chi connectivity index (χ3n) is 10.0. The highest BCUT2D eigenvalue weighted by Crippen LogP contribution is 2.42. The third kappa shape index (κ3) is 5.18. The standard InChI is InChI=1S/C48H32N2S/c1-3-10-32(11-4-1)34-18-23-37(24-19-34)50(38-25-20-35(21-26-38)33-12-5-2-6-13-33)39-27-28-45-43(31-39)42-16-9-15-40(48(42)49-45)36-22-29-47-44(30-36)41-14-7-8-17-46(41)51-47/h1-31,49H. The Kier molecular flexibility index (Phi) is 7.04. The lowest BCUT2D eigenvalue weighted by Gasteiger charge is -2.26. The van der Waals surface area contributed by atoms with Gasteiger partial charge in [-0.3, -0.25) is 0 Å². The van der Waals surface area contributed by atoms with E-state index in [4.69, 9.17) is 0 Å². The van der Waals surface area contributed by atoms with E-state index in [1.807, 2.05) is 11.3 Å². The van der Waals surface area contributed by atoms with Crippen molar-refractivity contribution in [2.24, 2.45) is 0 Å². The fraction of sp³-hybridized carbons (Fsp3) is 0. The van der Waals surface area contributed by atoms with Gasteiger partial charge in [0.2, 0.25) is 0 Å². The van der Waals surface area contributed by atoms with Gasteiger partial charge in [0.25, 0.3) is 0 Å². The van der Waals surface area contributed by atoms with E-state index in [1.165, 1.54) is 64.3 Å². The molecule has 51 heavy (non-hydrogen) atoms. The summed E-state index contributed by atoms with van der Waals surface area (Å²) in [4.78, 5) is 6.17. The minimum Gasteiger partial charge on any atom is -0.354 e. The number of aromatic nitrogens is 1. The Bertz CT molecular complexity index is 2750. The van der Waals surface area contributed by atoms with Crippen LogP contribution in [-0.2, 0) is 0 Å². The van der Waals surface area contributed by atoms with Crippen LogP contribution in [0.3, 0.4) is 0 Å². The summed E-state index contributed by atoms with van der Waals surface area (Å²) in [6.07, 6.45) is 0. The SMILES string of the molecule is c1ccc(-c2ccc(N(c3ccc(-c4ccccc4)cc3)c3ccc4[nH]c5c(-c6ccc7sc8ccccc8c7c6)cccc5c4c3)cc2)cc1. The first-order valence-electron chi connectivity index (χ1n) is 17.3. The molecule has 0 saturated carbocycles. The summed E-state index contributed by atoms with van der Waals surface area (Å²) in [5.74, 6) is 0. The largest absolute Gasteiger partial charge is 0.354 e. The first kappa shape index (κ1) is 29.5. The third-order valence-corrected chi connectivity index (χ3v) is 11.2. The Hall–Kier alpha value is -6.42. The monoisotopic (exact) mass is 668 g/mol. The van der Waals surface area contributed by atoms with Crippen LogP contribution in [-0.4, -0.2) is 4.98 Å². The fourth-order valence-electron chi connectivity index (χ4n) is 7.50. The highest BCUT2D eigenvalue weighted by molar-refractivity contribution is 7.25. The van der Waals surface area contributed by atoms with E-state index in [1.54, 1.807) is 0 Å². The number of thiophene rings is 1. The van der Waals surface area contributed by atoms with Gasteiger partial charge >= 0.3 is 0 Å². The lowest BCUT2D eigenvalue weighted by Crippen LogP contribution is -2.09. The van der Waals surface area contributed by atoms with Crippen molar-refractivity contribution in [3.05, 3.63) is 188 Å². The Morgan fingerprint density at radius 2 is 0.902 bits per heavy atom. The molecule has 0 radical (unpaired) electrons. The van der Waals surface area contributed by atoms with Crippen LogP contribution < -0.4 is 4.90 Å². The summed E-state index contributed by atoms with van der Waals surface area (Å²) in [7, 11) is 0. The van der Waals surface area contributed by atoms with Crippen LogP contribution in [0.1, 0.15) is 0 Å². The number of anilines is 3. The molecule has 0 atom stereocenters. The van der Waals surface area contributed by atoms with Crippen molar-refractivity contribution in [3.63, 3.8) is 0 Å². The molecule has 0 unspecified atom stereocenters. The van der Waals surface area contributed by atoms with E-state index in [0.29, 0.717) is 0 Å². The Morgan fingerprint density at radius 1 is 0.353 bits per heavy atom. The molecule has 240 valence electrons. The van der Waals surface area contributed by atoms with Crippen molar-refractivity contribution in [2.75, 3.05) is 4.90 Å². The zero-order valence-corrected chi connectivity index (χ0v) is 28.6. The van der Waals surface area contributed by atoms with Gasteiger partial charge in [0, 0.05) is 59.1 Å². The molecule has 2 nitrogen and oxygen atoms in total. The summed E-state index contributed by atoms with van der Waals surface area (Å²) in [5, 5.41) is 5.06. The predicted octanol–water partition coefficient (Wildman–Crippen LogP) is 14.2. The minimum atomic E-state index is 1.11. The Morgan fingerprint density at radius 3 is 1.59 bits per heavy atom. The number of hydrogen-bond donors (Lipinski definition) is 1. The van der Waals surface area contributed by atoms with Crippen molar-refractivity contribution in [2.45, 2.75) is 0 Å². The number of fused-ring (bicyclic) bond motifs is 6. The fourth-order valence-corrected chi connectivity index (χ4v) is 8.58. The van der Waals surface area contributed by atoms with Gasteiger partial charge in [-0.15, -0.1) is 11.3 Å². The van der Waals surface area contributed by atoms with Crippen molar-refractivity contribution in [1.29, 1.82) is 0 Å². The first-order valence-corrected chi connectivity index (χ1v) is 18.2. The molecule has 8 aromatic carbocycles. The van der Waals surface area contributed by atoms with E-state index in [9.17, 15) is 0 Å². The predicted molar refractivity (Wildman–Crippen MR) is 220 cm³/mol. The maximum absolute atomic E-state index is 3.81. The van der Waals surface area contributed by atoms with E-state index < -0.39 is 0 Å². The second kappa shape index (κ2) is 12.2. The highest BCUT2D eigenvalue weighted by atomic mass is 32.1. The molecule has 0 aliphatic carbocycles. The van der Waals surface area contributed by atoms with Gasteiger partial charge in [-0.2, -0.15) is 0 Å². The summed E-state index contributed by atoms with van der Waals surface area (Å²) >= 11 is 1.86. The lowest BCUT2D eigenvalue weighted by atomic mass is 10.00. The van der Waals surface area contributed by atoms with Crippen molar-refractivity contribution in [3.8, 4) is 33.4 Å². The van der Waals surface area contributed by atoms with Gasteiger partial charge < -0.3 is 9.88 Å². The second-order valence-corrected chi connectivity index (χ2v) is 14.1. The zero-order valence-electron chi connectivity index (χ0n) is 27.8. The molecule has 0 aliphatic rings. The van der Waals surface area contributed by atoms with Gasteiger partial charge in [0.15, 0.2) is 0 Å². The number of H-pyrrole nitrogens is 1. The quantitative estimate of drug-likeness (QED) is 0.187. The normalized spacial score (nSPS) is 11.5. The van der Waals surface area contributed by atoms with Gasteiger partial charge in [-0.25, -0.2) is 0 Å². The number of rotatable bonds is 6. The van der Waals surface area contributed by atoms with Crippen molar-refractivity contribution < 1.29 is 0 Å². The number of nitrogens with one attached hydrogen (secondary N) is 1. The van der Waals surface area contributed by atoms with Crippen LogP contribution in [0.2, 0.25) is 0 Å². The molecular formula is C48H32N2S. The molecule has 10 rings (SSSR count). The number of hydrogen-bond acceptors (Lipinski definition) is 2. The Labute approximate surface area is 300 Å². The van der Waals surface area contributed by atoms with Crippen LogP contribution in [0, 0.1) is 0 Å². The van der Waals surface area contributed by atoms with Crippen LogP contribution in [0.4, 0.5) is 17.1 Å². The topological polar surface area (TPSA) is 19.0 Å². The number of nitrogens with zero attached hydrogens (tertiary/aromatic N) is 1. The van der Waals surface area contributed by atoms with Crippen molar-refractivity contribution in [1.82, 2.24) is 4.98 Å². The van der Waals surface area contributed by atoms with Crippen LogP contribution in [0.25, 0.3) is 75.4 Å². The van der Waals surface area contributed by atoms with E-state index in [-0.39, 0.29) is 0 Å². The molecule has 0 saturated heterocycles. The maximum atomic E-state index is 3.81. The maximum Gasteiger partial charge on any atom is 0.0544 e. The molecule has 1 N–H and O–H groups in total. The molecule has 0 amide bonds. The Balaban J connectivity index is 1.10. The van der Waals surface area contributed by atoms with E-state index >= 15 is 0 Å². The van der Waals surface area contributed by atoms with Crippen LogP contribution >= 0.6 is 11.3 Å². The molecule has 2 aromatic heterocycles. The summed E-state index contributed by atoms with van der Waals surface area (Å²) in [6, 6.07) is 68.0. The molecular weight excluding hydrogens is 637 g/mol. The van der Waals surface area contributed by atoms with E-state index in [0.717, 1.165) is 28.1 Å². The van der Waals surface area contributed by atoms with E-state index in [2.05, 4.69) is 198 Å². The summed E-state index contributed by atoms with van der Waals surface area (Å²) in [6.45, 7) is 0. The first-order chi connectivity index (χ1) is 25.3. The number of aromatic amines is 1. The minimum absolute atomic E-state index is 1.11. The van der Waals surface area contributed by atoms with Crippen molar-refractivity contribution >= 4 is 70.4 Å². The van der Waals surface area contributed by atoms with Crippen LogP contribution in [0.15, 0.2) is 188 Å². The van der Waals surface area contributed by atoms with Gasteiger partial charge in [0.1, 0.15) is 0 Å². The van der Waals surface area contributed by atoms with Gasteiger partial charge in [-0.1, -0.05) is 127 Å². The number of para-hydroxylation sites is 1. The zero-order chi connectivity index (χ0) is 33.7. The molecule has 3 heteroatoms. The smallest absolute Gasteiger partial charge is 0.0544 e. The average molecular weight is 669 g/mol. The second-order valence-electron chi connectivity index (χ2n) is 13.1. The molecule has 2 heterocycles. The summed E-state index contributed by atoms with van der Waals surface area (Å²) < 4.78 is 2.65. The van der Waals surface area contributed by atoms with Gasteiger partial charge in [-0.05, 0) is 88.5 Å². The van der Waals surface area contributed by atoms with Crippen LogP contribution in [0.5, 0.6) is 0 Å². The molecule has 0 spiro atoms. The summed E-state index contributed by atoms with van der Waals surface area (Å²) in [5.41, 5.74) is 12.9. The van der Waals surface area contributed by atoms with Gasteiger partial charge in [0.05, 0.1) is 5.52 Å². The average Bonchev–Trinajstić information content (AvgIpc) is 3.77. The molecule has 0 fully saturated rings. The molecule has 0 aliphatic heterocycles. The highest BCUT2D eigenvalue weighted by Gasteiger charge is 2.17. The molecule has 10 aromatic rings. The number of benzene rings is 8. The lowest BCUT2D eigenvalue weighted by molar-refractivity contribution is 1.29. The molecule has 0 bridgehead atoms.